The molecule has 0 atom stereocenters. The van der Waals surface area contributed by atoms with Gasteiger partial charge >= 0.3 is 0 Å². The molecule has 11 rings (SSSR count). The maximum atomic E-state index is 14.0. The van der Waals surface area contributed by atoms with E-state index >= 15 is 0 Å². The number of likely N-dealkylation sites (tertiary alicyclic amines) is 1. The molecule has 0 unspecified atom stereocenters. The molecule has 3 N–H and O–H groups in total. The molecule has 7 aliphatic heterocycles. The Bertz CT molecular complexity index is 1900. The fourth-order valence-electron chi connectivity index (χ4n) is 5.72. The Balaban J connectivity index is 1.27. The molecule has 3 aromatic carbocycles. The number of benzene rings is 3. The molecule has 13 heteroatoms. The number of methoxy groups -OCH3 is 2. The summed E-state index contributed by atoms with van der Waals surface area (Å²) in [7, 11) is 3.00. The van der Waals surface area contributed by atoms with Crippen LogP contribution in [0.25, 0.3) is 0 Å². The number of rotatable bonds is 3. The number of carbonyl (C=O) groups excluding carboxylic acids is 3. The molecule has 1 aromatic heterocycles. The monoisotopic (exact) mass is 668 g/mol. The summed E-state index contributed by atoms with van der Waals surface area (Å²) < 4.78 is 29.5. The Morgan fingerprint density at radius 2 is 1.51 bits per heavy atom. The number of aromatic nitrogens is 1. The number of H-pyrrole nitrogens is 1. The molecule has 1 fully saturated rings. The van der Waals surface area contributed by atoms with E-state index in [0.717, 1.165) is 5.56 Å². The van der Waals surface area contributed by atoms with Crippen molar-refractivity contribution in [1.29, 1.82) is 0 Å². The van der Waals surface area contributed by atoms with Gasteiger partial charge in [-0.05, 0) is 66.2 Å². The smallest absolute Gasteiger partial charge is 0.270 e. The van der Waals surface area contributed by atoms with E-state index in [-0.39, 0.29) is 74.6 Å². The van der Waals surface area contributed by atoms with Crippen LogP contribution in [0.3, 0.4) is 0 Å². The van der Waals surface area contributed by atoms with E-state index < -0.39 is 5.60 Å². The van der Waals surface area contributed by atoms with Gasteiger partial charge in [0.1, 0.15) is 23.8 Å². The van der Waals surface area contributed by atoms with Gasteiger partial charge in [-0.1, -0.05) is 12.1 Å². The standard InChI is InChI=1S/C36H36N4O9/c1-45-30-20-23-6-12-28(30)48-29-13-7-24(21-31(29)46-2)33(42)37-16-19-47-25-8-10-26(11-9-25)49-36(35(44)38-22-23)14-17-40(18-15-36)34(43)27-4-3-5-32(41)39-27/h3-13,20-21H,14-19,22H2,1-2H3,(H,37,42)(H,38,44)(H,39,41). The average Bonchev–Trinajstić information content (AvgIpc) is 3.13. The van der Waals surface area contributed by atoms with Gasteiger partial charge in [0.15, 0.2) is 28.6 Å². The zero-order valence-electron chi connectivity index (χ0n) is 27.1. The predicted molar refractivity (Wildman–Crippen MR) is 178 cm³/mol. The normalized spacial score (nSPS) is 16.2. The third-order valence-corrected chi connectivity index (χ3v) is 8.39. The lowest BCUT2D eigenvalue weighted by atomic mass is 9.89. The highest BCUT2D eigenvalue weighted by molar-refractivity contribution is 5.95. The zero-order valence-corrected chi connectivity index (χ0v) is 27.1. The summed E-state index contributed by atoms with van der Waals surface area (Å²) in [5.41, 5.74) is -0.351. The van der Waals surface area contributed by atoms with Crippen molar-refractivity contribution in [1.82, 2.24) is 20.5 Å². The minimum atomic E-state index is -1.29. The third-order valence-electron chi connectivity index (χ3n) is 8.39. The van der Waals surface area contributed by atoms with Gasteiger partial charge in [-0.3, -0.25) is 19.2 Å². The van der Waals surface area contributed by atoms with E-state index in [1.165, 1.54) is 26.4 Å². The average molecular weight is 669 g/mol. The molecule has 0 aliphatic carbocycles. The zero-order chi connectivity index (χ0) is 34.4. The van der Waals surface area contributed by atoms with E-state index in [0.29, 0.717) is 40.1 Å². The van der Waals surface area contributed by atoms with E-state index in [1.54, 1.807) is 71.6 Å². The van der Waals surface area contributed by atoms with Crippen molar-refractivity contribution in [2.24, 2.45) is 0 Å². The Labute approximate surface area is 282 Å². The molecular weight excluding hydrogens is 632 g/mol. The summed E-state index contributed by atoms with van der Waals surface area (Å²) in [6.07, 6.45) is 0.409. The van der Waals surface area contributed by atoms with E-state index in [4.69, 9.17) is 23.7 Å². The number of pyridine rings is 1. The molecule has 1 saturated heterocycles. The summed E-state index contributed by atoms with van der Waals surface area (Å²) in [6, 6.07) is 21.4. The Hall–Kier alpha value is -5.98. The molecule has 6 bridgehead atoms. The molecule has 254 valence electrons. The Morgan fingerprint density at radius 1 is 0.816 bits per heavy atom. The number of hydrogen-bond donors (Lipinski definition) is 3. The molecule has 8 heterocycles. The van der Waals surface area contributed by atoms with Crippen molar-refractivity contribution < 1.29 is 38.1 Å². The Kier molecular flexibility index (Phi) is 9.69. The van der Waals surface area contributed by atoms with Crippen molar-refractivity contribution >= 4 is 17.7 Å². The minimum Gasteiger partial charge on any atom is -0.493 e. The topological polar surface area (TPSA) is 158 Å². The van der Waals surface area contributed by atoms with Gasteiger partial charge in [0.25, 0.3) is 17.7 Å². The summed E-state index contributed by atoms with van der Waals surface area (Å²) in [5, 5.41) is 5.85. The molecule has 1 spiro atoms. The van der Waals surface area contributed by atoms with Crippen LogP contribution in [-0.4, -0.2) is 73.7 Å². The van der Waals surface area contributed by atoms with Crippen LogP contribution in [0.5, 0.6) is 34.5 Å². The highest BCUT2D eigenvalue weighted by atomic mass is 16.5. The van der Waals surface area contributed by atoms with E-state index in [1.807, 2.05) is 0 Å². The molecule has 7 aliphatic rings. The van der Waals surface area contributed by atoms with Crippen LogP contribution in [0.1, 0.15) is 39.3 Å². The Morgan fingerprint density at radius 3 is 2.22 bits per heavy atom. The van der Waals surface area contributed by atoms with Crippen molar-refractivity contribution in [2.75, 3.05) is 40.5 Å². The van der Waals surface area contributed by atoms with Gasteiger partial charge in [-0.15, -0.1) is 0 Å². The number of aromatic amines is 1. The second-order valence-electron chi connectivity index (χ2n) is 11.5. The SMILES string of the molecule is COc1cc2ccc1Oc1ccc(cc1OC)C(=O)NCCOc1ccc(cc1)OC1(CCN(C(=O)c3cccc(=O)[nH]3)CC1)C(=O)NC2. The van der Waals surface area contributed by atoms with Gasteiger partial charge in [0, 0.05) is 44.1 Å². The van der Waals surface area contributed by atoms with Gasteiger partial charge in [-0.25, -0.2) is 0 Å². The first kappa shape index (κ1) is 32.9. The van der Waals surface area contributed by atoms with Crippen LogP contribution >= 0.6 is 0 Å². The molecule has 13 nitrogen and oxygen atoms in total. The molecular formula is C36H36N4O9. The number of amides is 3. The predicted octanol–water partition coefficient (Wildman–Crippen LogP) is 3.68. The van der Waals surface area contributed by atoms with Crippen LogP contribution < -0.4 is 39.9 Å². The largest absolute Gasteiger partial charge is 0.493 e. The molecule has 0 radical (unpaired) electrons. The second-order valence-corrected chi connectivity index (χ2v) is 11.5. The van der Waals surface area contributed by atoms with Gasteiger partial charge in [0.2, 0.25) is 5.56 Å². The van der Waals surface area contributed by atoms with Gasteiger partial charge < -0.3 is 44.2 Å². The van der Waals surface area contributed by atoms with Crippen molar-refractivity contribution in [3.8, 4) is 34.5 Å². The van der Waals surface area contributed by atoms with E-state index in [9.17, 15) is 19.2 Å². The molecule has 4 aromatic rings. The van der Waals surface area contributed by atoms with Gasteiger partial charge in [0.05, 0.1) is 20.8 Å². The fraction of sp³-hybridized carbons (Fsp3) is 0.278. The maximum absolute atomic E-state index is 14.0. The maximum Gasteiger partial charge on any atom is 0.270 e. The van der Waals surface area contributed by atoms with Crippen molar-refractivity contribution in [3.05, 3.63) is 106 Å². The summed E-state index contributed by atoms with van der Waals surface area (Å²) >= 11 is 0. The number of ether oxygens (including phenoxy) is 5. The fourth-order valence-corrected chi connectivity index (χ4v) is 5.72. The number of nitrogens with one attached hydrogen (secondary N) is 3. The first-order valence-electron chi connectivity index (χ1n) is 15.8. The number of piperidine rings is 1. The van der Waals surface area contributed by atoms with E-state index in [2.05, 4.69) is 15.6 Å². The van der Waals surface area contributed by atoms with Crippen LogP contribution in [0.15, 0.2) is 83.7 Å². The quantitative estimate of drug-likeness (QED) is 0.296. The number of hydrogen-bond acceptors (Lipinski definition) is 9. The van der Waals surface area contributed by atoms with Crippen LogP contribution in [0.4, 0.5) is 0 Å². The molecule has 0 saturated carbocycles. The number of nitrogens with zero attached hydrogens (tertiary/aromatic N) is 1. The van der Waals surface area contributed by atoms with Crippen LogP contribution in [-0.2, 0) is 11.3 Å². The highest BCUT2D eigenvalue weighted by Gasteiger charge is 2.45. The summed E-state index contributed by atoms with van der Waals surface area (Å²) in [5.74, 6) is 1.59. The summed E-state index contributed by atoms with van der Waals surface area (Å²) in [4.78, 5) is 55.9. The second kappa shape index (κ2) is 14.4. The first-order valence-corrected chi connectivity index (χ1v) is 15.8. The first-order chi connectivity index (χ1) is 23.8. The lowest BCUT2D eigenvalue weighted by Gasteiger charge is -2.40. The van der Waals surface area contributed by atoms with Crippen LogP contribution in [0.2, 0.25) is 0 Å². The lowest BCUT2D eigenvalue weighted by molar-refractivity contribution is -0.141. The molecule has 3 amide bonds. The number of carbonyl (C=O) groups is 3. The lowest BCUT2D eigenvalue weighted by Crippen LogP contribution is -2.58. The minimum absolute atomic E-state index is 0.161. The molecule has 49 heavy (non-hydrogen) atoms. The highest BCUT2D eigenvalue weighted by Crippen LogP contribution is 2.38. The van der Waals surface area contributed by atoms with Crippen molar-refractivity contribution in [2.45, 2.75) is 25.0 Å². The van der Waals surface area contributed by atoms with Crippen LogP contribution in [0, 0.1) is 0 Å². The summed E-state index contributed by atoms with van der Waals surface area (Å²) in [6.45, 7) is 1.06. The van der Waals surface area contributed by atoms with Gasteiger partial charge in [-0.2, -0.15) is 0 Å². The van der Waals surface area contributed by atoms with Crippen molar-refractivity contribution in [3.63, 3.8) is 0 Å². The third kappa shape index (κ3) is 7.45.